The monoisotopic (exact) mass is 315 g/mol. The first-order valence-corrected chi connectivity index (χ1v) is 8.29. The lowest BCUT2D eigenvalue weighted by atomic mass is 9.97. The van der Waals surface area contributed by atoms with E-state index >= 15 is 0 Å². The Kier molecular flexibility index (Phi) is 4.09. The number of benzene rings is 1. The average Bonchev–Trinajstić information content (AvgIpc) is 2.84. The van der Waals surface area contributed by atoms with Crippen LogP contribution >= 0.6 is 0 Å². The molecule has 4 heteroatoms. The van der Waals surface area contributed by atoms with Gasteiger partial charge in [0.15, 0.2) is 0 Å². The summed E-state index contributed by atoms with van der Waals surface area (Å²) in [5.74, 6) is 1.01. The van der Waals surface area contributed by atoms with Crippen molar-refractivity contribution in [1.29, 1.82) is 0 Å². The lowest BCUT2D eigenvalue weighted by Gasteiger charge is -2.29. The number of hydrogen-bond acceptors (Lipinski definition) is 3. The SMILES string of the molecule is CC1Cc2cc(C3=CCN(C(=O)OC(C)(C)C)CC3)ccc2O1. The van der Waals surface area contributed by atoms with Crippen molar-refractivity contribution in [3.63, 3.8) is 0 Å². The van der Waals surface area contributed by atoms with Crippen LogP contribution in [0.15, 0.2) is 24.3 Å². The molecule has 1 unspecified atom stereocenters. The second-order valence-electron chi connectivity index (χ2n) is 7.36. The van der Waals surface area contributed by atoms with Crippen LogP contribution in [-0.4, -0.2) is 35.8 Å². The molecule has 2 aliphatic heterocycles. The molecule has 23 heavy (non-hydrogen) atoms. The first kappa shape index (κ1) is 15.9. The van der Waals surface area contributed by atoms with E-state index in [1.165, 1.54) is 16.7 Å². The molecule has 1 aromatic rings. The van der Waals surface area contributed by atoms with E-state index in [9.17, 15) is 4.79 Å². The van der Waals surface area contributed by atoms with Crippen molar-refractivity contribution in [3.05, 3.63) is 35.4 Å². The number of hydrogen-bond donors (Lipinski definition) is 0. The summed E-state index contributed by atoms with van der Waals surface area (Å²) in [6, 6.07) is 6.41. The van der Waals surface area contributed by atoms with Crippen LogP contribution in [0, 0.1) is 0 Å². The molecule has 0 radical (unpaired) electrons. The van der Waals surface area contributed by atoms with Crippen LogP contribution in [0.5, 0.6) is 5.75 Å². The molecule has 2 heterocycles. The van der Waals surface area contributed by atoms with Gasteiger partial charge in [-0.15, -0.1) is 0 Å². The highest BCUT2D eigenvalue weighted by Crippen LogP contribution is 2.33. The van der Waals surface area contributed by atoms with Gasteiger partial charge in [-0.1, -0.05) is 12.1 Å². The zero-order valence-corrected chi connectivity index (χ0v) is 14.4. The van der Waals surface area contributed by atoms with Crippen LogP contribution in [0.4, 0.5) is 4.79 Å². The van der Waals surface area contributed by atoms with Gasteiger partial charge in [-0.2, -0.15) is 0 Å². The maximum atomic E-state index is 12.1. The molecule has 1 atom stereocenters. The summed E-state index contributed by atoms with van der Waals surface area (Å²) in [5, 5.41) is 0. The zero-order chi connectivity index (χ0) is 16.6. The number of carbonyl (C=O) groups is 1. The molecule has 0 fully saturated rings. The molecule has 0 aliphatic carbocycles. The van der Waals surface area contributed by atoms with Crippen LogP contribution in [0.3, 0.4) is 0 Å². The topological polar surface area (TPSA) is 38.8 Å². The Morgan fingerprint density at radius 1 is 1.35 bits per heavy atom. The Bertz CT molecular complexity index is 643. The minimum atomic E-state index is -0.447. The number of nitrogens with zero attached hydrogens (tertiary/aromatic N) is 1. The molecular formula is C19H25NO3. The van der Waals surface area contributed by atoms with E-state index in [2.05, 4.69) is 31.2 Å². The molecule has 1 amide bonds. The van der Waals surface area contributed by atoms with E-state index in [1.54, 1.807) is 4.90 Å². The smallest absolute Gasteiger partial charge is 0.410 e. The van der Waals surface area contributed by atoms with Crippen LogP contribution in [0.25, 0.3) is 5.57 Å². The Balaban J connectivity index is 1.68. The Labute approximate surface area is 138 Å². The summed E-state index contributed by atoms with van der Waals surface area (Å²) in [6.45, 7) is 9.08. The van der Waals surface area contributed by atoms with Crippen molar-refractivity contribution in [2.75, 3.05) is 13.1 Å². The molecule has 0 saturated carbocycles. The number of ether oxygens (including phenoxy) is 2. The molecule has 2 aliphatic rings. The van der Waals surface area contributed by atoms with Crippen molar-refractivity contribution in [3.8, 4) is 5.75 Å². The van der Waals surface area contributed by atoms with E-state index in [-0.39, 0.29) is 12.2 Å². The summed E-state index contributed by atoms with van der Waals surface area (Å²) < 4.78 is 11.2. The van der Waals surface area contributed by atoms with Gasteiger partial charge in [0.1, 0.15) is 17.5 Å². The fourth-order valence-corrected chi connectivity index (χ4v) is 3.05. The van der Waals surface area contributed by atoms with Gasteiger partial charge in [0.2, 0.25) is 0 Å². The van der Waals surface area contributed by atoms with E-state index in [0.29, 0.717) is 13.1 Å². The Morgan fingerprint density at radius 2 is 2.13 bits per heavy atom. The number of fused-ring (bicyclic) bond motifs is 1. The molecule has 0 N–H and O–H groups in total. The predicted molar refractivity (Wildman–Crippen MR) is 90.6 cm³/mol. The van der Waals surface area contributed by atoms with E-state index in [0.717, 1.165) is 18.6 Å². The first-order chi connectivity index (χ1) is 10.8. The maximum Gasteiger partial charge on any atom is 0.410 e. The predicted octanol–water partition coefficient (Wildman–Crippen LogP) is 4.03. The molecule has 124 valence electrons. The summed E-state index contributed by atoms with van der Waals surface area (Å²) in [4.78, 5) is 13.9. The fourth-order valence-electron chi connectivity index (χ4n) is 3.05. The van der Waals surface area contributed by atoms with E-state index in [1.807, 2.05) is 20.8 Å². The van der Waals surface area contributed by atoms with E-state index in [4.69, 9.17) is 9.47 Å². The third-order valence-electron chi connectivity index (χ3n) is 4.13. The summed E-state index contributed by atoms with van der Waals surface area (Å²) in [6.07, 6.45) is 4.00. The minimum absolute atomic E-state index is 0.232. The third kappa shape index (κ3) is 3.69. The molecular weight excluding hydrogens is 290 g/mol. The Hall–Kier alpha value is -1.97. The molecule has 0 spiro atoms. The Morgan fingerprint density at radius 3 is 2.78 bits per heavy atom. The molecule has 1 aromatic carbocycles. The van der Waals surface area contributed by atoms with Gasteiger partial charge in [-0.3, -0.25) is 0 Å². The third-order valence-corrected chi connectivity index (χ3v) is 4.13. The largest absolute Gasteiger partial charge is 0.490 e. The lowest BCUT2D eigenvalue weighted by molar-refractivity contribution is 0.0270. The second-order valence-corrected chi connectivity index (χ2v) is 7.36. The van der Waals surface area contributed by atoms with E-state index < -0.39 is 5.60 Å². The van der Waals surface area contributed by atoms with Crippen molar-refractivity contribution in [2.24, 2.45) is 0 Å². The summed E-state index contributed by atoms with van der Waals surface area (Å²) in [5.41, 5.74) is 3.38. The van der Waals surface area contributed by atoms with Gasteiger partial charge in [0.05, 0.1) is 0 Å². The highest BCUT2D eigenvalue weighted by Gasteiger charge is 2.25. The van der Waals surface area contributed by atoms with Crippen LogP contribution < -0.4 is 4.74 Å². The summed E-state index contributed by atoms with van der Waals surface area (Å²) >= 11 is 0. The number of amides is 1. The van der Waals surface area contributed by atoms with Gasteiger partial charge in [-0.25, -0.2) is 4.79 Å². The lowest BCUT2D eigenvalue weighted by Crippen LogP contribution is -2.39. The standard InChI is InChI=1S/C19H25NO3/c1-13-11-16-12-15(5-6-17(16)22-13)14-7-9-20(10-8-14)18(21)23-19(2,3)4/h5-7,12-13H,8-11H2,1-4H3. The quantitative estimate of drug-likeness (QED) is 0.785. The second kappa shape index (κ2) is 5.91. The van der Waals surface area contributed by atoms with Gasteiger partial charge in [0, 0.05) is 19.5 Å². The number of rotatable bonds is 1. The van der Waals surface area contributed by atoms with Gasteiger partial charge < -0.3 is 14.4 Å². The average molecular weight is 315 g/mol. The van der Waals surface area contributed by atoms with Gasteiger partial charge >= 0.3 is 6.09 Å². The molecule has 3 rings (SSSR count). The molecule has 0 aromatic heterocycles. The van der Waals surface area contributed by atoms with Crippen molar-refractivity contribution < 1.29 is 14.3 Å². The van der Waals surface area contributed by atoms with Crippen LogP contribution in [0.1, 0.15) is 45.2 Å². The minimum Gasteiger partial charge on any atom is -0.490 e. The van der Waals surface area contributed by atoms with Crippen LogP contribution in [-0.2, 0) is 11.2 Å². The van der Waals surface area contributed by atoms with Gasteiger partial charge in [-0.05, 0) is 62.9 Å². The number of carbonyl (C=O) groups excluding carboxylic acids is 1. The normalized spacial score (nSPS) is 20.6. The zero-order valence-electron chi connectivity index (χ0n) is 14.4. The highest BCUT2D eigenvalue weighted by atomic mass is 16.6. The molecule has 0 bridgehead atoms. The maximum absolute atomic E-state index is 12.1. The van der Waals surface area contributed by atoms with Crippen LogP contribution in [0.2, 0.25) is 0 Å². The molecule has 0 saturated heterocycles. The fraction of sp³-hybridized carbons (Fsp3) is 0.526. The van der Waals surface area contributed by atoms with Crippen molar-refractivity contribution in [2.45, 2.75) is 52.2 Å². The summed E-state index contributed by atoms with van der Waals surface area (Å²) in [7, 11) is 0. The first-order valence-electron chi connectivity index (χ1n) is 8.29. The van der Waals surface area contributed by atoms with Crippen molar-refractivity contribution in [1.82, 2.24) is 4.90 Å². The molecule has 4 nitrogen and oxygen atoms in total. The van der Waals surface area contributed by atoms with Crippen molar-refractivity contribution >= 4 is 11.7 Å². The van der Waals surface area contributed by atoms with Gasteiger partial charge in [0.25, 0.3) is 0 Å². The highest BCUT2D eigenvalue weighted by molar-refractivity contribution is 5.73.